The molecule has 1 atom stereocenters. The minimum Gasteiger partial charge on any atom is -0.392 e. The van der Waals surface area contributed by atoms with Crippen LogP contribution in [0.15, 0.2) is 16.8 Å². The fourth-order valence-corrected chi connectivity index (χ4v) is 2.24. The predicted molar refractivity (Wildman–Crippen MR) is 54.2 cm³/mol. The monoisotopic (exact) mass is 292 g/mol. The van der Waals surface area contributed by atoms with Crippen LogP contribution < -0.4 is 0 Å². The molecule has 1 heterocycles. The lowest BCUT2D eigenvalue weighted by atomic mass is 9.96. The van der Waals surface area contributed by atoms with Crippen LogP contribution in [0.25, 0.3) is 0 Å². The van der Waals surface area contributed by atoms with E-state index in [9.17, 15) is 26.3 Å². The fraction of sp³-hybridized carbons (Fsp3) is 0.600. The van der Waals surface area contributed by atoms with Crippen molar-refractivity contribution in [1.82, 2.24) is 0 Å². The number of aliphatic hydroxyl groups is 1. The van der Waals surface area contributed by atoms with Crippen LogP contribution in [-0.2, 0) is 6.42 Å². The van der Waals surface area contributed by atoms with Crippen LogP contribution in [0.1, 0.15) is 12.0 Å². The van der Waals surface area contributed by atoms with Crippen LogP contribution in [-0.4, -0.2) is 23.6 Å². The van der Waals surface area contributed by atoms with Gasteiger partial charge in [0.05, 0.1) is 6.10 Å². The van der Waals surface area contributed by atoms with E-state index in [4.69, 9.17) is 5.11 Å². The van der Waals surface area contributed by atoms with Crippen molar-refractivity contribution in [2.45, 2.75) is 31.3 Å². The first-order chi connectivity index (χ1) is 8.12. The molecule has 0 aliphatic carbocycles. The summed E-state index contributed by atoms with van der Waals surface area (Å²) in [6, 6.07) is 1.59. The van der Waals surface area contributed by atoms with Crippen molar-refractivity contribution in [3.05, 3.63) is 22.4 Å². The molecule has 1 unspecified atom stereocenters. The first-order valence-electron chi connectivity index (χ1n) is 4.95. The van der Waals surface area contributed by atoms with E-state index in [-0.39, 0.29) is 6.42 Å². The number of thiophene rings is 1. The molecular formula is C10H10F6OS. The Hall–Kier alpha value is -0.760. The molecular weight excluding hydrogens is 282 g/mol. The fourth-order valence-electron chi connectivity index (χ4n) is 1.54. The molecule has 0 spiro atoms. The smallest absolute Gasteiger partial charge is 0.392 e. The lowest BCUT2D eigenvalue weighted by Gasteiger charge is -2.27. The Morgan fingerprint density at radius 2 is 1.67 bits per heavy atom. The molecule has 0 aliphatic heterocycles. The minimum absolute atomic E-state index is 0.0205. The molecule has 0 amide bonds. The quantitative estimate of drug-likeness (QED) is 0.837. The van der Waals surface area contributed by atoms with Gasteiger partial charge in [-0.15, -0.1) is 0 Å². The van der Waals surface area contributed by atoms with Gasteiger partial charge in [-0.05, 0) is 35.2 Å². The Balaban J connectivity index is 2.69. The van der Waals surface area contributed by atoms with Gasteiger partial charge in [-0.3, -0.25) is 0 Å². The van der Waals surface area contributed by atoms with E-state index < -0.39 is 30.8 Å². The minimum atomic E-state index is -5.49. The normalized spacial score (nSPS) is 15.1. The molecule has 1 aromatic heterocycles. The highest BCUT2D eigenvalue weighted by atomic mass is 32.1. The third-order valence-electron chi connectivity index (χ3n) is 2.40. The largest absolute Gasteiger partial charge is 0.403 e. The second-order valence-electron chi connectivity index (χ2n) is 3.80. The van der Waals surface area contributed by atoms with E-state index in [2.05, 4.69) is 0 Å². The van der Waals surface area contributed by atoms with Crippen molar-refractivity contribution in [2.75, 3.05) is 0 Å². The second-order valence-corrected chi connectivity index (χ2v) is 4.58. The first kappa shape index (κ1) is 15.3. The summed E-state index contributed by atoms with van der Waals surface area (Å²) in [5.74, 6) is -3.69. The van der Waals surface area contributed by atoms with Gasteiger partial charge in [-0.1, -0.05) is 0 Å². The van der Waals surface area contributed by atoms with Gasteiger partial charge in [0.1, 0.15) is 0 Å². The van der Waals surface area contributed by atoms with Crippen LogP contribution in [0.4, 0.5) is 26.3 Å². The highest BCUT2D eigenvalue weighted by molar-refractivity contribution is 7.07. The molecule has 8 heteroatoms. The molecule has 0 fully saturated rings. The van der Waals surface area contributed by atoms with Crippen molar-refractivity contribution in [2.24, 2.45) is 5.92 Å². The van der Waals surface area contributed by atoms with E-state index in [0.717, 1.165) is 0 Å². The standard InChI is InChI=1S/C10H10F6OS/c11-9(12,13)8(10(14,15)16)7(17)2-1-6-3-4-18-5-6/h3-5,7-8,17H,1-2H2. The summed E-state index contributed by atoms with van der Waals surface area (Å²) in [4.78, 5) is 0. The zero-order valence-corrected chi connectivity index (χ0v) is 9.74. The van der Waals surface area contributed by atoms with Crippen molar-refractivity contribution in [3.8, 4) is 0 Å². The third kappa shape index (κ3) is 4.16. The Morgan fingerprint density at radius 3 is 2.06 bits per heavy atom. The van der Waals surface area contributed by atoms with Gasteiger partial charge in [-0.25, -0.2) is 0 Å². The highest BCUT2D eigenvalue weighted by Crippen LogP contribution is 2.42. The highest BCUT2D eigenvalue weighted by Gasteiger charge is 2.59. The molecule has 104 valence electrons. The number of hydrogen-bond acceptors (Lipinski definition) is 2. The Labute approximate surface area is 103 Å². The van der Waals surface area contributed by atoms with E-state index in [1.807, 2.05) is 0 Å². The summed E-state index contributed by atoms with van der Waals surface area (Å²) >= 11 is 1.28. The van der Waals surface area contributed by atoms with Crippen LogP contribution in [0, 0.1) is 5.92 Å². The van der Waals surface area contributed by atoms with E-state index in [0.29, 0.717) is 5.56 Å². The SMILES string of the molecule is OC(CCc1ccsc1)C(C(F)(F)F)C(F)(F)F. The summed E-state index contributed by atoms with van der Waals surface area (Å²) in [5.41, 5.74) is 0.613. The molecule has 18 heavy (non-hydrogen) atoms. The maximum absolute atomic E-state index is 12.3. The van der Waals surface area contributed by atoms with Crippen molar-refractivity contribution < 1.29 is 31.4 Å². The Bertz CT molecular complexity index is 341. The molecule has 1 rings (SSSR count). The van der Waals surface area contributed by atoms with Crippen LogP contribution in [0.5, 0.6) is 0 Å². The van der Waals surface area contributed by atoms with Gasteiger partial charge in [0.15, 0.2) is 5.92 Å². The van der Waals surface area contributed by atoms with Gasteiger partial charge in [-0.2, -0.15) is 37.7 Å². The van der Waals surface area contributed by atoms with Gasteiger partial charge < -0.3 is 5.11 Å². The van der Waals surface area contributed by atoms with Gasteiger partial charge in [0.2, 0.25) is 0 Å². The average Bonchev–Trinajstić information content (AvgIpc) is 2.61. The number of hydrogen-bond donors (Lipinski definition) is 1. The van der Waals surface area contributed by atoms with Gasteiger partial charge in [0, 0.05) is 0 Å². The predicted octanol–water partition coefficient (Wildman–Crippen LogP) is 3.78. The van der Waals surface area contributed by atoms with E-state index in [1.165, 1.54) is 11.3 Å². The number of aliphatic hydroxyl groups excluding tert-OH is 1. The number of halogens is 6. The summed E-state index contributed by atoms with van der Waals surface area (Å²) in [6.07, 6.45) is -14.1. The molecule has 0 saturated carbocycles. The zero-order valence-electron chi connectivity index (χ0n) is 8.92. The van der Waals surface area contributed by atoms with E-state index >= 15 is 0 Å². The summed E-state index contributed by atoms with van der Waals surface area (Å²) in [6.45, 7) is 0. The molecule has 0 saturated heterocycles. The van der Waals surface area contributed by atoms with Crippen LogP contribution in [0.3, 0.4) is 0 Å². The Morgan fingerprint density at radius 1 is 1.11 bits per heavy atom. The van der Waals surface area contributed by atoms with Crippen LogP contribution >= 0.6 is 11.3 Å². The lowest BCUT2D eigenvalue weighted by Crippen LogP contribution is -2.44. The summed E-state index contributed by atoms with van der Waals surface area (Å²) < 4.78 is 73.5. The zero-order chi connectivity index (χ0) is 14.0. The average molecular weight is 292 g/mol. The van der Waals surface area contributed by atoms with Crippen molar-refractivity contribution in [3.63, 3.8) is 0 Å². The van der Waals surface area contributed by atoms with Gasteiger partial charge in [0.25, 0.3) is 0 Å². The van der Waals surface area contributed by atoms with Crippen LogP contribution in [0.2, 0.25) is 0 Å². The molecule has 0 bridgehead atoms. The van der Waals surface area contributed by atoms with Crippen molar-refractivity contribution >= 4 is 11.3 Å². The number of alkyl halides is 6. The molecule has 0 aliphatic rings. The van der Waals surface area contributed by atoms with Crippen molar-refractivity contribution in [1.29, 1.82) is 0 Å². The summed E-state index contributed by atoms with van der Waals surface area (Å²) in [7, 11) is 0. The number of aryl methyl sites for hydroxylation is 1. The molecule has 0 aromatic carbocycles. The lowest BCUT2D eigenvalue weighted by molar-refractivity contribution is -0.306. The van der Waals surface area contributed by atoms with Gasteiger partial charge >= 0.3 is 12.4 Å². The Kier molecular flexibility index (Phi) is 4.66. The third-order valence-corrected chi connectivity index (χ3v) is 3.13. The molecule has 1 nitrogen and oxygen atoms in total. The maximum Gasteiger partial charge on any atom is 0.403 e. The second kappa shape index (κ2) is 5.48. The molecule has 1 aromatic rings. The molecule has 0 radical (unpaired) electrons. The molecule has 1 N–H and O–H groups in total. The topological polar surface area (TPSA) is 20.2 Å². The first-order valence-corrected chi connectivity index (χ1v) is 5.89. The number of rotatable bonds is 4. The summed E-state index contributed by atoms with van der Waals surface area (Å²) in [5, 5.41) is 12.4. The maximum atomic E-state index is 12.3. The van der Waals surface area contributed by atoms with E-state index in [1.54, 1.807) is 16.8 Å².